The number of carbonyl (C=O) groups is 1. The number of halogens is 1. The van der Waals surface area contributed by atoms with Gasteiger partial charge in [0.05, 0.1) is 20.5 Å². The number of hydrogen-bond acceptors (Lipinski definition) is 3. The van der Waals surface area contributed by atoms with Crippen LogP contribution in [0.25, 0.3) is 11.1 Å². The summed E-state index contributed by atoms with van der Waals surface area (Å²) < 4.78 is 30.6. The maximum absolute atomic E-state index is 13.9. The highest BCUT2D eigenvalue weighted by Crippen LogP contribution is 2.23. The van der Waals surface area contributed by atoms with Crippen LogP contribution >= 0.6 is 0 Å². The van der Waals surface area contributed by atoms with Crippen molar-refractivity contribution < 1.29 is 13.4 Å². The van der Waals surface area contributed by atoms with Crippen LogP contribution in [0, 0.1) is 5.82 Å². The molecule has 0 aliphatic heterocycles. The van der Waals surface area contributed by atoms with E-state index in [2.05, 4.69) is 9.35 Å². The van der Waals surface area contributed by atoms with Crippen molar-refractivity contribution >= 4 is 15.6 Å². The fraction of sp³-hybridized carbons (Fsp3) is 0.158. The van der Waals surface area contributed by atoms with Gasteiger partial charge in [-0.1, -0.05) is 42.5 Å². The minimum atomic E-state index is -2.73. The van der Waals surface area contributed by atoms with Gasteiger partial charge in [-0.3, -0.25) is 9.78 Å². The number of carbonyl (C=O) groups excluding carboxylic acids is 1. The molecular formula is C19H17FN2O2S. The van der Waals surface area contributed by atoms with Gasteiger partial charge in [0.2, 0.25) is 0 Å². The molecule has 0 radical (unpaired) electrons. The molecule has 4 nitrogen and oxygen atoms in total. The van der Waals surface area contributed by atoms with Crippen LogP contribution in [-0.4, -0.2) is 26.6 Å². The molecule has 0 saturated carbocycles. The first-order valence-corrected chi connectivity index (χ1v) is 9.74. The average molecular weight is 356 g/mol. The number of aromatic nitrogens is 1. The van der Waals surface area contributed by atoms with Gasteiger partial charge >= 0.3 is 0 Å². The second kappa shape index (κ2) is 7.11. The molecule has 1 unspecified atom stereocenters. The standard InChI is InChI=1S/C19H17FN2O2S/c1-25(24,16-7-3-2-4-8-16)22-19(23)15-11-14(12-21-13-15)17-9-5-6-10-18(17)20/h2-7,9-13,16H,8H2,1H3/t16?,25-/m0/s1. The third kappa shape index (κ3) is 3.91. The van der Waals surface area contributed by atoms with Crippen LogP contribution in [0.3, 0.4) is 0 Å². The van der Waals surface area contributed by atoms with Gasteiger partial charge in [0.1, 0.15) is 5.82 Å². The summed E-state index contributed by atoms with van der Waals surface area (Å²) >= 11 is 0. The lowest BCUT2D eigenvalue weighted by Gasteiger charge is -2.14. The third-order valence-electron chi connectivity index (χ3n) is 3.94. The van der Waals surface area contributed by atoms with E-state index in [1.807, 2.05) is 12.2 Å². The zero-order valence-electron chi connectivity index (χ0n) is 13.6. The Hall–Kier alpha value is -2.60. The maximum Gasteiger partial charge on any atom is 0.286 e. The van der Waals surface area contributed by atoms with Gasteiger partial charge < -0.3 is 0 Å². The Morgan fingerprint density at radius 1 is 1.28 bits per heavy atom. The molecule has 2 atom stereocenters. The predicted octanol–water partition coefficient (Wildman–Crippen LogP) is 4.01. The second-order valence-corrected chi connectivity index (χ2v) is 8.30. The van der Waals surface area contributed by atoms with Crippen molar-refractivity contribution in [2.45, 2.75) is 11.7 Å². The van der Waals surface area contributed by atoms with Crippen molar-refractivity contribution in [1.82, 2.24) is 4.98 Å². The summed E-state index contributed by atoms with van der Waals surface area (Å²) in [6, 6.07) is 7.77. The van der Waals surface area contributed by atoms with Crippen molar-refractivity contribution in [3.05, 3.63) is 78.4 Å². The van der Waals surface area contributed by atoms with Gasteiger partial charge in [-0.05, 0) is 18.6 Å². The lowest BCUT2D eigenvalue weighted by atomic mass is 10.1. The molecule has 0 fully saturated rings. The lowest BCUT2D eigenvalue weighted by Crippen LogP contribution is -2.19. The van der Waals surface area contributed by atoms with Gasteiger partial charge in [-0.25, -0.2) is 8.60 Å². The molecule has 0 N–H and O–H groups in total. The van der Waals surface area contributed by atoms with E-state index >= 15 is 0 Å². The van der Waals surface area contributed by atoms with E-state index in [9.17, 15) is 13.4 Å². The van der Waals surface area contributed by atoms with Gasteiger partial charge in [0.15, 0.2) is 0 Å². The van der Waals surface area contributed by atoms with E-state index in [1.54, 1.807) is 30.4 Å². The topological polar surface area (TPSA) is 59.4 Å². The maximum atomic E-state index is 13.9. The van der Waals surface area contributed by atoms with Crippen LogP contribution in [0.15, 0.2) is 71.4 Å². The van der Waals surface area contributed by atoms with Crippen molar-refractivity contribution in [2.75, 3.05) is 6.26 Å². The molecule has 2 aromatic rings. The van der Waals surface area contributed by atoms with E-state index in [1.165, 1.54) is 30.8 Å². The molecule has 0 bridgehead atoms. The minimum absolute atomic E-state index is 0.186. The molecule has 1 aliphatic carbocycles. The summed E-state index contributed by atoms with van der Waals surface area (Å²) in [6.45, 7) is 0. The molecule has 1 aliphatic rings. The van der Waals surface area contributed by atoms with Crippen molar-refractivity contribution in [2.24, 2.45) is 4.36 Å². The Bertz CT molecular complexity index is 988. The highest BCUT2D eigenvalue weighted by Gasteiger charge is 2.19. The zero-order chi connectivity index (χ0) is 17.9. The minimum Gasteiger partial charge on any atom is -0.266 e. The molecule has 25 heavy (non-hydrogen) atoms. The van der Waals surface area contributed by atoms with Crippen LogP contribution in [0.5, 0.6) is 0 Å². The monoisotopic (exact) mass is 356 g/mol. The summed E-state index contributed by atoms with van der Waals surface area (Å²) in [7, 11) is -2.73. The Balaban J connectivity index is 1.93. The molecule has 1 amide bonds. The summed E-state index contributed by atoms with van der Waals surface area (Å²) in [5.74, 6) is -1.01. The fourth-order valence-electron chi connectivity index (χ4n) is 2.57. The van der Waals surface area contributed by atoms with Crippen LogP contribution in [0.1, 0.15) is 16.8 Å². The highest BCUT2D eigenvalue weighted by atomic mass is 32.2. The summed E-state index contributed by atoms with van der Waals surface area (Å²) in [4.78, 5) is 16.5. The van der Waals surface area contributed by atoms with Gasteiger partial charge in [-0.2, -0.15) is 4.36 Å². The zero-order valence-corrected chi connectivity index (χ0v) is 14.4. The van der Waals surface area contributed by atoms with Crippen LogP contribution in [0.4, 0.5) is 4.39 Å². The number of allylic oxidation sites excluding steroid dienone is 3. The van der Waals surface area contributed by atoms with E-state index in [-0.39, 0.29) is 10.8 Å². The first-order valence-electron chi connectivity index (χ1n) is 7.76. The van der Waals surface area contributed by atoms with E-state index in [0.29, 0.717) is 17.5 Å². The van der Waals surface area contributed by atoms with E-state index < -0.39 is 21.5 Å². The average Bonchev–Trinajstić information content (AvgIpc) is 2.62. The predicted molar refractivity (Wildman–Crippen MR) is 97.1 cm³/mol. The second-order valence-electron chi connectivity index (χ2n) is 5.79. The van der Waals surface area contributed by atoms with Gasteiger partial charge in [0.25, 0.3) is 5.91 Å². The molecule has 1 aromatic carbocycles. The van der Waals surface area contributed by atoms with E-state index in [0.717, 1.165) is 0 Å². The molecule has 0 spiro atoms. The quantitative estimate of drug-likeness (QED) is 0.835. The summed E-state index contributed by atoms with van der Waals surface area (Å²) in [5, 5.41) is -0.302. The van der Waals surface area contributed by atoms with Crippen LogP contribution in [-0.2, 0) is 9.73 Å². The fourth-order valence-corrected chi connectivity index (χ4v) is 3.99. The van der Waals surface area contributed by atoms with Crippen molar-refractivity contribution in [3.8, 4) is 11.1 Å². The number of pyridine rings is 1. The molecule has 1 heterocycles. The first-order chi connectivity index (χ1) is 12.0. The summed E-state index contributed by atoms with van der Waals surface area (Å²) in [6.07, 6.45) is 12.3. The van der Waals surface area contributed by atoms with Crippen LogP contribution < -0.4 is 0 Å². The number of hydrogen-bond donors (Lipinski definition) is 0. The lowest BCUT2D eigenvalue weighted by molar-refractivity contribution is 0.100. The highest BCUT2D eigenvalue weighted by molar-refractivity contribution is 7.94. The smallest absolute Gasteiger partial charge is 0.266 e. The molecule has 3 rings (SSSR count). The molecular weight excluding hydrogens is 339 g/mol. The SMILES string of the molecule is C[S@@](=O)(=NC(=O)c1cncc(-c2ccccc2F)c1)C1C=CC=CC1. The Morgan fingerprint density at radius 2 is 2.08 bits per heavy atom. The van der Waals surface area contributed by atoms with Crippen molar-refractivity contribution in [3.63, 3.8) is 0 Å². The van der Waals surface area contributed by atoms with Crippen LogP contribution in [0.2, 0.25) is 0 Å². The molecule has 6 heteroatoms. The number of rotatable bonds is 3. The third-order valence-corrected chi connectivity index (χ3v) is 5.94. The number of nitrogens with zero attached hydrogens (tertiary/aromatic N) is 2. The molecule has 1 aromatic heterocycles. The molecule has 0 saturated heterocycles. The van der Waals surface area contributed by atoms with Gasteiger partial charge in [-0.15, -0.1) is 0 Å². The largest absolute Gasteiger partial charge is 0.286 e. The number of amides is 1. The Morgan fingerprint density at radius 3 is 2.80 bits per heavy atom. The van der Waals surface area contributed by atoms with E-state index in [4.69, 9.17) is 0 Å². The Kier molecular flexibility index (Phi) is 4.90. The summed E-state index contributed by atoms with van der Waals surface area (Å²) in [5.41, 5.74) is 1.01. The first kappa shape index (κ1) is 17.2. The number of benzene rings is 1. The van der Waals surface area contributed by atoms with Crippen molar-refractivity contribution in [1.29, 1.82) is 0 Å². The normalized spacial score (nSPS) is 18.6. The molecule has 128 valence electrons. The van der Waals surface area contributed by atoms with Gasteiger partial charge in [0, 0.05) is 29.8 Å². The Labute approximate surface area is 146 Å².